The van der Waals surface area contributed by atoms with E-state index in [1.807, 2.05) is 54.6 Å². The molecule has 1 heterocycles. The summed E-state index contributed by atoms with van der Waals surface area (Å²) in [7, 11) is 1.52. The van der Waals surface area contributed by atoms with E-state index in [1.54, 1.807) is 28.2 Å². The van der Waals surface area contributed by atoms with Gasteiger partial charge in [0.15, 0.2) is 0 Å². The smallest absolute Gasteiger partial charge is 0.273 e. The Balaban J connectivity index is 1.74. The predicted molar refractivity (Wildman–Crippen MR) is 127 cm³/mol. The first-order chi connectivity index (χ1) is 16.1. The Hall–Kier alpha value is -3.68. The molecule has 33 heavy (non-hydrogen) atoms. The monoisotopic (exact) mass is 444 g/mol. The number of nitrogens with two attached hydrogens (primary N) is 1. The number of fused-ring (bicyclic) bond motifs is 1. The van der Waals surface area contributed by atoms with Gasteiger partial charge in [-0.2, -0.15) is 0 Å². The second-order valence-corrected chi connectivity index (χ2v) is 7.96. The van der Waals surface area contributed by atoms with E-state index in [2.05, 4.69) is 5.48 Å². The molecule has 7 heteroatoms. The molecule has 0 spiro atoms. The molecular formula is C26H28N4O3. The Morgan fingerprint density at radius 1 is 1.03 bits per heavy atom. The van der Waals surface area contributed by atoms with Gasteiger partial charge < -0.3 is 5.73 Å². The quantitative estimate of drug-likeness (QED) is 0.565. The minimum absolute atomic E-state index is 0.197. The van der Waals surface area contributed by atoms with Crippen LogP contribution in [0.2, 0.25) is 0 Å². The zero-order valence-corrected chi connectivity index (χ0v) is 18.7. The highest BCUT2D eigenvalue weighted by molar-refractivity contribution is 6.00. The SMILES string of the molecule is CONc1ccc2c(c1)C(=O)N(Cc1ccc(CN)cc1)N(C(=O)c1ccccc1)CCC2. The molecule has 3 aromatic rings. The molecule has 2 amide bonds. The number of aryl methyl sites for hydroxylation is 1. The van der Waals surface area contributed by atoms with Crippen LogP contribution in [0.4, 0.5) is 5.69 Å². The Labute approximate surface area is 193 Å². The predicted octanol–water partition coefficient (Wildman–Crippen LogP) is 3.76. The third-order valence-corrected chi connectivity index (χ3v) is 5.75. The molecule has 0 aliphatic carbocycles. The summed E-state index contributed by atoms with van der Waals surface area (Å²) < 4.78 is 0. The second-order valence-electron chi connectivity index (χ2n) is 7.96. The lowest BCUT2D eigenvalue weighted by Crippen LogP contribution is -2.51. The van der Waals surface area contributed by atoms with Crippen molar-refractivity contribution in [2.45, 2.75) is 25.9 Å². The molecule has 7 nitrogen and oxygen atoms in total. The Morgan fingerprint density at radius 3 is 2.45 bits per heavy atom. The Morgan fingerprint density at radius 2 is 1.76 bits per heavy atom. The molecule has 0 bridgehead atoms. The summed E-state index contributed by atoms with van der Waals surface area (Å²) in [4.78, 5) is 32.4. The van der Waals surface area contributed by atoms with Gasteiger partial charge in [0.05, 0.1) is 19.3 Å². The van der Waals surface area contributed by atoms with Gasteiger partial charge in [0.25, 0.3) is 11.8 Å². The zero-order valence-electron chi connectivity index (χ0n) is 18.7. The lowest BCUT2D eigenvalue weighted by atomic mass is 9.99. The molecule has 0 radical (unpaired) electrons. The van der Waals surface area contributed by atoms with Gasteiger partial charge >= 0.3 is 0 Å². The van der Waals surface area contributed by atoms with Crippen molar-refractivity contribution in [2.24, 2.45) is 5.73 Å². The lowest BCUT2D eigenvalue weighted by Gasteiger charge is -2.37. The number of benzene rings is 3. The normalized spacial score (nSPS) is 13.8. The van der Waals surface area contributed by atoms with Gasteiger partial charge in [-0.15, -0.1) is 0 Å². The summed E-state index contributed by atoms with van der Waals surface area (Å²) in [6, 6.07) is 22.5. The summed E-state index contributed by atoms with van der Waals surface area (Å²) in [5.41, 5.74) is 13.2. The van der Waals surface area contributed by atoms with Crippen LogP contribution in [0.3, 0.4) is 0 Å². The summed E-state index contributed by atoms with van der Waals surface area (Å²) in [5, 5.41) is 3.13. The van der Waals surface area contributed by atoms with Crippen LogP contribution in [-0.2, 0) is 24.3 Å². The summed E-state index contributed by atoms with van der Waals surface area (Å²) in [5.74, 6) is -0.422. The molecule has 4 rings (SSSR count). The molecule has 0 aromatic heterocycles. The minimum atomic E-state index is -0.225. The van der Waals surface area contributed by atoms with Crippen LogP contribution in [-0.4, -0.2) is 35.5 Å². The van der Waals surface area contributed by atoms with Gasteiger partial charge in [0.2, 0.25) is 0 Å². The average Bonchev–Trinajstić information content (AvgIpc) is 2.85. The van der Waals surface area contributed by atoms with E-state index in [-0.39, 0.29) is 18.4 Å². The van der Waals surface area contributed by atoms with Crippen molar-refractivity contribution in [1.29, 1.82) is 0 Å². The van der Waals surface area contributed by atoms with Crippen molar-refractivity contribution in [3.63, 3.8) is 0 Å². The number of carbonyl (C=O) groups excluding carboxylic acids is 2. The number of hydrogen-bond acceptors (Lipinski definition) is 5. The highest BCUT2D eigenvalue weighted by Crippen LogP contribution is 2.25. The van der Waals surface area contributed by atoms with E-state index < -0.39 is 0 Å². The van der Waals surface area contributed by atoms with E-state index in [9.17, 15) is 9.59 Å². The molecule has 0 saturated heterocycles. The van der Waals surface area contributed by atoms with Crippen LogP contribution in [0, 0.1) is 0 Å². The molecule has 0 fully saturated rings. The van der Waals surface area contributed by atoms with Crippen LogP contribution in [0.5, 0.6) is 0 Å². The van der Waals surface area contributed by atoms with Gasteiger partial charge in [0.1, 0.15) is 0 Å². The van der Waals surface area contributed by atoms with E-state index in [0.717, 1.165) is 23.1 Å². The van der Waals surface area contributed by atoms with E-state index >= 15 is 0 Å². The molecule has 1 aliphatic rings. The number of nitrogens with one attached hydrogen (secondary N) is 1. The number of anilines is 1. The molecule has 170 valence electrons. The third-order valence-electron chi connectivity index (χ3n) is 5.75. The third kappa shape index (κ3) is 5.05. The number of hydrogen-bond donors (Lipinski definition) is 2. The highest BCUT2D eigenvalue weighted by atomic mass is 16.6. The maximum Gasteiger partial charge on any atom is 0.273 e. The van der Waals surface area contributed by atoms with Crippen molar-refractivity contribution in [2.75, 3.05) is 19.1 Å². The van der Waals surface area contributed by atoms with Crippen LogP contribution >= 0.6 is 0 Å². The summed E-state index contributed by atoms with van der Waals surface area (Å²) in [6.45, 7) is 1.16. The van der Waals surface area contributed by atoms with Crippen LogP contribution in [0.1, 0.15) is 43.8 Å². The van der Waals surface area contributed by atoms with E-state index in [0.29, 0.717) is 36.3 Å². The van der Waals surface area contributed by atoms with Crippen molar-refractivity contribution in [1.82, 2.24) is 10.0 Å². The first-order valence-electron chi connectivity index (χ1n) is 11.0. The topological polar surface area (TPSA) is 87.9 Å². The van der Waals surface area contributed by atoms with Crippen molar-refractivity contribution >= 4 is 17.5 Å². The molecule has 0 saturated carbocycles. The summed E-state index contributed by atoms with van der Waals surface area (Å²) in [6.07, 6.45) is 1.43. The van der Waals surface area contributed by atoms with Crippen molar-refractivity contribution in [3.8, 4) is 0 Å². The fourth-order valence-corrected chi connectivity index (χ4v) is 4.02. The van der Waals surface area contributed by atoms with Crippen LogP contribution < -0.4 is 11.2 Å². The van der Waals surface area contributed by atoms with Crippen LogP contribution in [0.15, 0.2) is 72.8 Å². The number of nitrogens with zero attached hydrogens (tertiary/aromatic N) is 2. The standard InChI is InChI=1S/C26H28N4O3/c1-33-28-23-14-13-21-8-5-15-29(25(31)22-6-3-2-4-7-22)30(26(32)24(21)16-23)18-20-11-9-19(17-27)10-12-20/h2-4,6-7,9-14,16,28H,5,8,15,17-18,27H2,1H3. The van der Waals surface area contributed by atoms with Crippen LogP contribution in [0.25, 0.3) is 0 Å². The molecular weight excluding hydrogens is 416 g/mol. The van der Waals surface area contributed by atoms with E-state index in [1.165, 1.54) is 7.11 Å². The van der Waals surface area contributed by atoms with Crippen molar-refractivity contribution in [3.05, 3.63) is 101 Å². The van der Waals surface area contributed by atoms with Gasteiger partial charge in [-0.3, -0.25) is 19.9 Å². The first kappa shape index (κ1) is 22.5. The highest BCUT2D eigenvalue weighted by Gasteiger charge is 2.31. The average molecular weight is 445 g/mol. The largest absolute Gasteiger partial charge is 0.326 e. The van der Waals surface area contributed by atoms with Gasteiger partial charge in [-0.05, 0) is 53.8 Å². The van der Waals surface area contributed by atoms with Gasteiger partial charge in [-0.25, -0.2) is 10.0 Å². The number of rotatable bonds is 6. The Bertz CT molecular complexity index is 1120. The molecule has 3 N–H and O–H groups in total. The number of amides is 2. The fourth-order valence-electron chi connectivity index (χ4n) is 4.02. The Kier molecular flexibility index (Phi) is 7.02. The van der Waals surface area contributed by atoms with Gasteiger partial charge in [0, 0.05) is 24.2 Å². The zero-order chi connectivity index (χ0) is 23.2. The maximum atomic E-state index is 13.9. The second kappa shape index (κ2) is 10.3. The molecule has 3 aromatic carbocycles. The molecule has 0 atom stereocenters. The van der Waals surface area contributed by atoms with Crippen molar-refractivity contribution < 1.29 is 14.4 Å². The van der Waals surface area contributed by atoms with Gasteiger partial charge in [-0.1, -0.05) is 48.5 Å². The maximum absolute atomic E-state index is 13.9. The minimum Gasteiger partial charge on any atom is -0.326 e. The first-order valence-corrected chi connectivity index (χ1v) is 11.0. The number of hydrazine groups is 1. The molecule has 1 aliphatic heterocycles. The van der Waals surface area contributed by atoms with E-state index in [4.69, 9.17) is 10.6 Å². The fraction of sp³-hybridized carbons (Fsp3) is 0.231. The molecule has 0 unspecified atom stereocenters. The summed E-state index contributed by atoms with van der Waals surface area (Å²) >= 11 is 0. The lowest BCUT2D eigenvalue weighted by molar-refractivity contribution is -0.00915. The number of carbonyl (C=O) groups is 2.